The highest BCUT2D eigenvalue weighted by molar-refractivity contribution is 7.14. The summed E-state index contributed by atoms with van der Waals surface area (Å²) in [6, 6.07) is 14.5. The van der Waals surface area contributed by atoms with Crippen LogP contribution >= 0.6 is 22.9 Å². The second-order valence-corrected chi connectivity index (χ2v) is 7.05. The maximum atomic E-state index is 12.4. The fraction of sp³-hybridized carbons (Fsp3) is 0.0526. The molecule has 1 amide bonds. The van der Waals surface area contributed by atoms with Gasteiger partial charge in [0.05, 0.1) is 23.2 Å². The second-order valence-electron chi connectivity index (χ2n) is 5.79. The summed E-state index contributed by atoms with van der Waals surface area (Å²) in [7, 11) is 0. The van der Waals surface area contributed by atoms with Gasteiger partial charge in [-0.3, -0.25) is 9.59 Å². The number of rotatable bonds is 4. The molecule has 0 aliphatic carbocycles. The lowest BCUT2D eigenvalue weighted by molar-refractivity contribution is -0.115. The average molecular weight is 397 g/mol. The maximum Gasteiger partial charge on any atom is 0.272 e. The van der Waals surface area contributed by atoms with Gasteiger partial charge in [0.25, 0.3) is 5.56 Å². The van der Waals surface area contributed by atoms with Crippen molar-refractivity contribution in [3.8, 4) is 11.3 Å². The van der Waals surface area contributed by atoms with Gasteiger partial charge in [-0.05, 0) is 12.1 Å². The highest BCUT2D eigenvalue weighted by Gasteiger charge is 2.13. The van der Waals surface area contributed by atoms with Gasteiger partial charge < -0.3 is 5.32 Å². The Bertz CT molecular complexity index is 1200. The van der Waals surface area contributed by atoms with Gasteiger partial charge in [-0.2, -0.15) is 5.10 Å². The van der Waals surface area contributed by atoms with Crippen molar-refractivity contribution >= 4 is 44.7 Å². The molecule has 2 aromatic carbocycles. The summed E-state index contributed by atoms with van der Waals surface area (Å²) in [6.45, 7) is 0. The van der Waals surface area contributed by atoms with E-state index in [1.807, 2.05) is 29.6 Å². The van der Waals surface area contributed by atoms with E-state index >= 15 is 0 Å². The van der Waals surface area contributed by atoms with E-state index in [0.29, 0.717) is 32.3 Å². The molecule has 0 aliphatic heterocycles. The van der Waals surface area contributed by atoms with Gasteiger partial charge >= 0.3 is 0 Å². The number of nitrogens with zero attached hydrogens (tertiary/aromatic N) is 2. The number of amides is 1. The minimum Gasteiger partial charge on any atom is -0.302 e. The molecule has 0 radical (unpaired) electrons. The zero-order chi connectivity index (χ0) is 18.8. The molecular weight excluding hydrogens is 384 g/mol. The fourth-order valence-corrected chi connectivity index (χ4v) is 3.70. The van der Waals surface area contributed by atoms with Crippen molar-refractivity contribution in [1.82, 2.24) is 15.2 Å². The molecular formula is C19H13ClN4O2S. The number of aromatic nitrogens is 3. The monoisotopic (exact) mass is 396 g/mol. The molecule has 4 rings (SSSR count). The number of carbonyl (C=O) groups excluding carboxylic acids is 1. The van der Waals surface area contributed by atoms with Crippen LogP contribution in [0.5, 0.6) is 0 Å². The number of benzene rings is 2. The number of halogens is 1. The first-order chi connectivity index (χ1) is 13.1. The van der Waals surface area contributed by atoms with Gasteiger partial charge in [0.2, 0.25) is 5.91 Å². The van der Waals surface area contributed by atoms with Crippen LogP contribution in [0.15, 0.2) is 58.7 Å². The summed E-state index contributed by atoms with van der Waals surface area (Å²) < 4.78 is 0. The van der Waals surface area contributed by atoms with E-state index in [-0.39, 0.29) is 17.9 Å². The van der Waals surface area contributed by atoms with E-state index in [0.717, 1.165) is 5.56 Å². The van der Waals surface area contributed by atoms with E-state index < -0.39 is 0 Å². The maximum absolute atomic E-state index is 12.4. The predicted molar refractivity (Wildman–Crippen MR) is 107 cm³/mol. The lowest BCUT2D eigenvalue weighted by Gasteiger charge is -2.05. The van der Waals surface area contributed by atoms with Gasteiger partial charge in [-0.15, -0.1) is 11.3 Å². The van der Waals surface area contributed by atoms with Crippen LogP contribution in [0.2, 0.25) is 5.02 Å². The molecule has 0 bridgehead atoms. The summed E-state index contributed by atoms with van der Waals surface area (Å²) in [4.78, 5) is 28.7. The van der Waals surface area contributed by atoms with Crippen molar-refractivity contribution < 1.29 is 4.79 Å². The molecule has 2 aromatic heterocycles. The number of hydrogen-bond donors (Lipinski definition) is 2. The minimum atomic E-state index is -0.279. The molecule has 0 spiro atoms. The summed E-state index contributed by atoms with van der Waals surface area (Å²) in [5, 5.41) is 13.3. The zero-order valence-electron chi connectivity index (χ0n) is 13.9. The quantitative estimate of drug-likeness (QED) is 0.548. The molecule has 0 atom stereocenters. The third kappa shape index (κ3) is 3.60. The normalized spacial score (nSPS) is 10.9. The molecule has 0 fully saturated rings. The Hall–Kier alpha value is -3.03. The molecule has 0 saturated heterocycles. The Morgan fingerprint density at radius 3 is 2.67 bits per heavy atom. The number of fused-ring (bicyclic) bond motifs is 1. The van der Waals surface area contributed by atoms with E-state index in [1.54, 1.807) is 24.3 Å². The summed E-state index contributed by atoms with van der Waals surface area (Å²) in [5.74, 6) is -0.264. The minimum absolute atomic E-state index is 0.0261. The highest BCUT2D eigenvalue weighted by Crippen LogP contribution is 2.30. The van der Waals surface area contributed by atoms with E-state index in [9.17, 15) is 9.59 Å². The van der Waals surface area contributed by atoms with Crippen LogP contribution in [0.25, 0.3) is 22.0 Å². The molecule has 2 heterocycles. The van der Waals surface area contributed by atoms with E-state index in [2.05, 4.69) is 20.5 Å². The molecule has 2 N–H and O–H groups in total. The number of aromatic amines is 1. The second kappa shape index (κ2) is 7.30. The first-order valence-corrected chi connectivity index (χ1v) is 9.34. The number of anilines is 1. The van der Waals surface area contributed by atoms with Crippen LogP contribution in [0.4, 0.5) is 5.13 Å². The van der Waals surface area contributed by atoms with Gasteiger partial charge in [0.1, 0.15) is 0 Å². The number of hydrogen-bond acceptors (Lipinski definition) is 5. The topological polar surface area (TPSA) is 87.7 Å². The first kappa shape index (κ1) is 17.4. The van der Waals surface area contributed by atoms with Crippen molar-refractivity contribution in [2.45, 2.75) is 6.42 Å². The molecule has 27 heavy (non-hydrogen) atoms. The van der Waals surface area contributed by atoms with Gasteiger partial charge in [-0.25, -0.2) is 10.1 Å². The molecule has 0 saturated carbocycles. The molecule has 0 aliphatic rings. The highest BCUT2D eigenvalue weighted by atomic mass is 35.5. The van der Waals surface area contributed by atoms with Crippen molar-refractivity contribution in [2.24, 2.45) is 0 Å². The Labute approximate surface area is 162 Å². The zero-order valence-corrected chi connectivity index (χ0v) is 15.5. The number of carbonyl (C=O) groups is 1. The van der Waals surface area contributed by atoms with Crippen LogP contribution < -0.4 is 10.9 Å². The summed E-state index contributed by atoms with van der Waals surface area (Å²) in [6.07, 6.45) is 0.0261. The Morgan fingerprint density at radius 2 is 1.85 bits per heavy atom. The summed E-state index contributed by atoms with van der Waals surface area (Å²) >= 11 is 7.51. The summed E-state index contributed by atoms with van der Waals surface area (Å²) in [5.41, 5.74) is 1.74. The van der Waals surface area contributed by atoms with Gasteiger partial charge in [0.15, 0.2) is 5.13 Å². The fourth-order valence-electron chi connectivity index (χ4n) is 2.75. The van der Waals surface area contributed by atoms with Gasteiger partial charge in [-0.1, -0.05) is 48.0 Å². The third-order valence-electron chi connectivity index (χ3n) is 4.00. The van der Waals surface area contributed by atoms with Crippen LogP contribution in [0.3, 0.4) is 0 Å². The van der Waals surface area contributed by atoms with Crippen molar-refractivity contribution in [3.63, 3.8) is 0 Å². The number of H-pyrrole nitrogens is 1. The Morgan fingerprint density at radius 1 is 1.11 bits per heavy atom. The van der Waals surface area contributed by atoms with Crippen molar-refractivity contribution in [1.29, 1.82) is 0 Å². The number of thiazole rings is 1. The number of nitrogens with one attached hydrogen (secondary N) is 2. The third-order valence-corrected chi connectivity index (χ3v) is 5.09. The van der Waals surface area contributed by atoms with Crippen LogP contribution in [-0.4, -0.2) is 21.1 Å². The lowest BCUT2D eigenvalue weighted by Crippen LogP contribution is -2.18. The van der Waals surface area contributed by atoms with E-state index in [4.69, 9.17) is 11.6 Å². The largest absolute Gasteiger partial charge is 0.302 e. The molecule has 4 aromatic rings. The smallest absolute Gasteiger partial charge is 0.272 e. The Balaban J connectivity index is 1.54. The Kier molecular flexibility index (Phi) is 4.70. The van der Waals surface area contributed by atoms with Crippen LogP contribution in [0.1, 0.15) is 5.69 Å². The molecule has 0 unspecified atom stereocenters. The SMILES string of the molecule is O=C(Cc1n[nH]c(=O)c2ccccc12)Nc1nc(-c2ccccc2Cl)cs1. The van der Waals surface area contributed by atoms with E-state index in [1.165, 1.54) is 11.3 Å². The van der Waals surface area contributed by atoms with Gasteiger partial charge in [0, 0.05) is 21.4 Å². The van der Waals surface area contributed by atoms with Crippen LogP contribution in [0, 0.1) is 0 Å². The molecule has 134 valence electrons. The predicted octanol–water partition coefficient (Wildman–Crippen LogP) is 3.88. The van der Waals surface area contributed by atoms with Crippen molar-refractivity contribution in [3.05, 3.63) is 75.0 Å². The lowest BCUT2D eigenvalue weighted by atomic mass is 10.1. The first-order valence-electron chi connectivity index (χ1n) is 8.08. The molecule has 6 nitrogen and oxygen atoms in total. The van der Waals surface area contributed by atoms with Crippen molar-refractivity contribution in [2.75, 3.05) is 5.32 Å². The standard InChI is InChI=1S/C19H13ClN4O2S/c20-14-8-4-3-7-13(14)16-10-27-19(21-16)22-17(25)9-15-11-5-1-2-6-12(11)18(26)24-23-15/h1-8,10H,9H2,(H,24,26)(H,21,22,25). The molecule has 8 heteroatoms. The average Bonchev–Trinajstić information content (AvgIpc) is 3.13. The van der Waals surface area contributed by atoms with Crippen LogP contribution in [-0.2, 0) is 11.2 Å².